The van der Waals surface area contributed by atoms with Crippen molar-refractivity contribution in [3.05, 3.63) is 12.2 Å². The van der Waals surface area contributed by atoms with Crippen molar-refractivity contribution in [3.63, 3.8) is 0 Å². The second-order valence-electron chi connectivity index (χ2n) is 10.2. The number of hydrogen-bond donors (Lipinski definition) is 1. The molecule has 0 aromatic heterocycles. The van der Waals surface area contributed by atoms with Crippen molar-refractivity contribution in [2.75, 3.05) is 19.8 Å². The van der Waals surface area contributed by atoms with E-state index >= 15 is 0 Å². The Hall–Kier alpha value is -1.74. The van der Waals surface area contributed by atoms with E-state index in [1.54, 1.807) is 62.3 Å². The van der Waals surface area contributed by atoms with Crippen LogP contribution < -0.4 is 5.32 Å². The minimum absolute atomic E-state index is 0.00258. The molecule has 0 saturated carbocycles. The molecule has 1 N–H and O–H groups in total. The van der Waals surface area contributed by atoms with Gasteiger partial charge < -0.3 is 33.1 Å². The number of carbonyl (C=O) groups excluding carboxylic acids is 3. The quantitative estimate of drug-likeness (QED) is 0.147. The van der Waals surface area contributed by atoms with Gasteiger partial charge >= 0.3 is 26.6 Å². The summed E-state index contributed by atoms with van der Waals surface area (Å²) in [7, 11) is -1.95. The highest BCUT2D eigenvalue weighted by Gasteiger charge is 2.31. The molecule has 10 nitrogen and oxygen atoms in total. The Labute approximate surface area is 198 Å². The third-order valence-electron chi connectivity index (χ3n) is 2.94. The number of amides is 1. The number of hydrogen-bond acceptors (Lipinski definition) is 9. The highest BCUT2D eigenvalue weighted by Crippen LogP contribution is 2.43. The lowest BCUT2D eigenvalue weighted by Gasteiger charge is -2.28. The number of ether oxygens (including phenoxy) is 3. The van der Waals surface area contributed by atoms with E-state index in [1.165, 1.54) is 6.92 Å². The van der Waals surface area contributed by atoms with Crippen molar-refractivity contribution in [1.82, 2.24) is 5.32 Å². The van der Waals surface area contributed by atoms with Gasteiger partial charge in [-0.2, -0.15) is 0 Å². The van der Waals surface area contributed by atoms with Gasteiger partial charge in [-0.25, -0.2) is 14.4 Å². The van der Waals surface area contributed by atoms with Crippen LogP contribution in [-0.4, -0.2) is 60.7 Å². The molecule has 0 heterocycles. The number of alkyl carbamates (subject to hydrolysis) is 1. The lowest BCUT2D eigenvalue weighted by Crippen LogP contribution is -2.48. The topological polar surface area (TPSA) is 119 Å². The van der Waals surface area contributed by atoms with Crippen molar-refractivity contribution < 1.29 is 42.2 Å². The van der Waals surface area contributed by atoms with Crippen LogP contribution in [-0.2, 0) is 37.4 Å². The Morgan fingerprint density at radius 2 is 1.39 bits per heavy atom. The van der Waals surface area contributed by atoms with Crippen LogP contribution >= 0.6 is 8.60 Å². The first kappa shape index (κ1) is 31.3. The predicted octanol–water partition coefficient (Wildman–Crippen LogP) is 4.42. The van der Waals surface area contributed by atoms with Crippen LogP contribution in [0.25, 0.3) is 0 Å². The Morgan fingerprint density at radius 1 is 0.848 bits per heavy atom. The lowest BCUT2D eigenvalue weighted by molar-refractivity contribution is -0.158. The van der Waals surface area contributed by atoms with E-state index in [2.05, 4.69) is 11.9 Å². The van der Waals surface area contributed by atoms with Gasteiger partial charge in [0.25, 0.3) is 0 Å². The van der Waals surface area contributed by atoms with Crippen molar-refractivity contribution in [2.24, 2.45) is 0 Å². The first-order chi connectivity index (χ1) is 14.8. The highest BCUT2D eigenvalue weighted by molar-refractivity contribution is 7.41. The van der Waals surface area contributed by atoms with Crippen LogP contribution in [0.3, 0.4) is 0 Å². The largest absolute Gasteiger partial charge is 0.460 e. The summed E-state index contributed by atoms with van der Waals surface area (Å²) in [5.74, 6) is -1.23. The zero-order chi connectivity index (χ0) is 26.0. The van der Waals surface area contributed by atoms with Crippen molar-refractivity contribution in [1.29, 1.82) is 0 Å². The van der Waals surface area contributed by atoms with Gasteiger partial charge in [-0.1, -0.05) is 6.58 Å². The normalized spacial score (nSPS) is 14.1. The summed E-state index contributed by atoms with van der Waals surface area (Å²) in [5, 5.41) is 2.47. The summed E-state index contributed by atoms with van der Waals surface area (Å²) in [6.45, 7) is 20.4. The molecule has 11 heteroatoms. The zero-order valence-corrected chi connectivity index (χ0v) is 22.4. The molecular weight excluding hydrogens is 453 g/mol. The standard InChI is InChI=1S/C22H40NO9P/c1-15(2)17(24)27-12-13-28-33(32-22(9,10)11)29-14-16(18(25)30-20(3,4)5)23-19(26)31-21(6,7)8/h16H,1,12-14H2,2-11H3,(H,23,26)/t16-,33?/m0/s1. The van der Waals surface area contributed by atoms with Crippen molar-refractivity contribution in [2.45, 2.75) is 92.1 Å². The molecule has 0 fully saturated rings. The third kappa shape index (κ3) is 17.4. The van der Waals surface area contributed by atoms with E-state index in [0.29, 0.717) is 0 Å². The summed E-state index contributed by atoms with van der Waals surface area (Å²) in [6, 6.07) is -1.17. The predicted molar refractivity (Wildman–Crippen MR) is 124 cm³/mol. The second-order valence-corrected chi connectivity index (χ2v) is 11.4. The Balaban J connectivity index is 5.20. The van der Waals surface area contributed by atoms with Gasteiger partial charge in [-0.15, -0.1) is 0 Å². The van der Waals surface area contributed by atoms with E-state index < -0.39 is 49.5 Å². The zero-order valence-electron chi connectivity index (χ0n) is 21.5. The van der Waals surface area contributed by atoms with Crippen LogP contribution in [0.15, 0.2) is 12.2 Å². The fourth-order valence-corrected chi connectivity index (χ4v) is 2.93. The van der Waals surface area contributed by atoms with Crippen LogP contribution in [0, 0.1) is 0 Å². The smallest absolute Gasteiger partial charge is 0.408 e. The summed E-state index contributed by atoms with van der Waals surface area (Å²) in [5.41, 5.74) is -1.88. The molecule has 0 aliphatic carbocycles. The molecule has 0 aliphatic heterocycles. The van der Waals surface area contributed by atoms with Gasteiger partial charge in [0.15, 0.2) is 6.04 Å². The molecule has 33 heavy (non-hydrogen) atoms. The fourth-order valence-electron chi connectivity index (χ4n) is 1.81. The van der Waals surface area contributed by atoms with Crippen LogP contribution in [0.5, 0.6) is 0 Å². The number of rotatable bonds is 11. The molecule has 0 spiro atoms. The number of nitrogens with one attached hydrogen (secondary N) is 1. The van der Waals surface area contributed by atoms with Gasteiger partial charge in [0.1, 0.15) is 17.8 Å². The summed E-state index contributed by atoms with van der Waals surface area (Å²) in [6.07, 6.45) is -0.796. The minimum Gasteiger partial charge on any atom is -0.460 e. The van der Waals surface area contributed by atoms with Crippen LogP contribution in [0.1, 0.15) is 69.2 Å². The maximum Gasteiger partial charge on any atom is 0.408 e. The maximum absolute atomic E-state index is 12.6. The van der Waals surface area contributed by atoms with Gasteiger partial charge in [-0.3, -0.25) is 0 Å². The summed E-state index contributed by atoms with van der Waals surface area (Å²) >= 11 is 0. The van der Waals surface area contributed by atoms with E-state index in [4.69, 9.17) is 27.8 Å². The van der Waals surface area contributed by atoms with Gasteiger partial charge in [0.2, 0.25) is 0 Å². The van der Waals surface area contributed by atoms with E-state index in [9.17, 15) is 14.4 Å². The van der Waals surface area contributed by atoms with E-state index in [-0.39, 0.29) is 25.4 Å². The molecule has 0 aromatic carbocycles. The SMILES string of the molecule is C=C(C)C(=O)OCCOP(OC[C@H](NC(=O)OC(C)(C)C)C(=O)OC(C)(C)C)OC(C)(C)C. The number of carbonyl (C=O) groups is 3. The third-order valence-corrected chi connectivity index (χ3v) is 4.39. The number of esters is 2. The molecule has 0 aromatic rings. The van der Waals surface area contributed by atoms with Crippen LogP contribution in [0.4, 0.5) is 4.79 Å². The second kappa shape index (κ2) is 13.2. The van der Waals surface area contributed by atoms with Crippen molar-refractivity contribution in [3.8, 4) is 0 Å². The molecule has 0 aliphatic rings. The average Bonchev–Trinajstić information content (AvgIpc) is 2.56. The molecule has 0 saturated heterocycles. The monoisotopic (exact) mass is 493 g/mol. The molecule has 1 unspecified atom stereocenters. The molecule has 192 valence electrons. The minimum atomic E-state index is -1.95. The first-order valence-corrected chi connectivity index (χ1v) is 11.7. The van der Waals surface area contributed by atoms with E-state index in [0.717, 1.165) is 0 Å². The Morgan fingerprint density at radius 3 is 1.85 bits per heavy atom. The summed E-state index contributed by atoms with van der Waals surface area (Å²) < 4.78 is 32.7. The Bertz CT molecular complexity index is 675. The molecule has 1 amide bonds. The van der Waals surface area contributed by atoms with Crippen LogP contribution in [0.2, 0.25) is 0 Å². The Kier molecular flexibility index (Phi) is 12.5. The summed E-state index contributed by atoms with van der Waals surface area (Å²) in [4.78, 5) is 36.4. The highest BCUT2D eigenvalue weighted by atomic mass is 31.2. The van der Waals surface area contributed by atoms with Gasteiger partial charge in [-0.05, 0) is 69.2 Å². The fraction of sp³-hybridized carbons (Fsp3) is 0.773. The maximum atomic E-state index is 12.6. The average molecular weight is 494 g/mol. The lowest BCUT2D eigenvalue weighted by atomic mass is 10.2. The van der Waals surface area contributed by atoms with E-state index in [1.807, 2.05) is 0 Å². The molecule has 0 bridgehead atoms. The molecular formula is C22H40NO9P. The van der Waals surface area contributed by atoms with Crippen molar-refractivity contribution >= 4 is 26.6 Å². The molecule has 0 rings (SSSR count). The van der Waals surface area contributed by atoms with Gasteiger partial charge in [0, 0.05) is 5.57 Å². The first-order valence-electron chi connectivity index (χ1n) is 10.6. The molecule has 2 atom stereocenters. The van der Waals surface area contributed by atoms with Gasteiger partial charge in [0.05, 0.1) is 18.8 Å². The molecule has 0 radical (unpaired) electrons.